The highest BCUT2D eigenvalue weighted by atomic mass is 19.4. The first-order valence-electron chi connectivity index (χ1n) is 6.83. The van der Waals surface area contributed by atoms with Gasteiger partial charge in [-0.1, -0.05) is 6.07 Å². The lowest BCUT2D eigenvalue weighted by Gasteiger charge is -2.11. The monoisotopic (exact) mass is 324 g/mol. The molecule has 1 heterocycles. The molecule has 0 atom stereocenters. The van der Waals surface area contributed by atoms with Crippen molar-refractivity contribution in [3.05, 3.63) is 47.9 Å². The van der Waals surface area contributed by atoms with Crippen molar-refractivity contribution in [2.24, 2.45) is 0 Å². The summed E-state index contributed by atoms with van der Waals surface area (Å²) < 4.78 is 38.1. The zero-order valence-electron chi connectivity index (χ0n) is 12.5. The first-order chi connectivity index (χ1) is 10.8. The van der Waals surface area contributed by atoms with Crippen LogP contribution < -0.4 is 10.6 Å². The smallest absolute Gasteiger partial charge is 0.349 e. The van der Waals surface area contributed by atoms with Crippen molar-refractivity contribution in [3.63, 3.8) is 0 Å². The van der Waals surface area contributed by atoms with Crippen LogP contribution in [0.1, 0.15) is 29.9 Å². The third-order valence-corrected chi connectivity index (χ3v) is 2.78. The van der Waals surface area contributed by atoms with Gasteiger partial charge in [0.15, 0.2) is 0 Å². The van der Waals surface area contributed by atoms with Gasteiger partial charge in [-0.3, -0.25) is 4.79 Å². The molecular weight excluding hydrogens is 309 g/mol. The second-order valence-corrected chi connectivity index (χ2v) is 5.12. The third-order valence-electron chi connectivity index (χ3n) is 2.78. The Labute approximate surface area is 131 Å². The highest BCUT2D eigenvalue weighted by molar-refractivity contribution is 5.93. The van der Waals surface area contributed by atoms with Gasteiger partial charge in [-0.25, -0.2) is 9.97 Å². The molecule has 0 unspecified atom stereocenters. The molecule has 1 aromatic carbocycles. The summed E-state index contributed by atoms with van der Waals surface area (Å²) in [6.07, 6.45) is -3.25. The highest BCUT2D eigenvalue weighted by Gasteiger charge is 2.30. The van der Waals surface area contributed by atoms with Gasteiger partial charge in [0.05, 0.1) is 5.56 Å². The summed E-state index contributed by atoms with van der Waals surface area (Å²) in [6, 6.07) is 6.03. The van der Waals surface area contributed by atoms with Crippen LogP contribution in [0.25, 0.3) is 0 Å². The van der Waals surface area contributed by atoms with Gasteiger partial charge in [-0.15, -0.1) is 0 Å². The van der Waals surface area contributed by atoms with Crippen LogP contribution in [-0.4, -0.2) is 21.9 Å². The summed E-state index contributed by atoms with van der Waals surface area (Å²) in [5, 5.41) is 5.41. The Kier molecular flexibility index (Phi) is 4.83. The largest absolute Gasteiger partial charge is 0.416 e. The molecule has 122 valence electrons. The average molecular weight is 324 g/mol. The topological polar surface area (TPSA) is 66.9 Å². The Morgan fingerprint density at radius 1 is 1.17 bits per heavy atom. The Bertz CT molecular complexity index is 701. The second-order valence-electron chi connectivity index (χ2n) is 5.12. The van der Waals surface area contributed by atoms with E-state index in [1.165, 1.54) is 24.5 Å². The number of halogens is 3. The number of nitrogens with zero attached hydrogens (tertiary/aromatic N) is 2. The molecule has 0 fully saturated rings. The zero-order valence-corrected chi connectivity index (χ0v) is 12.5. The van der Waals surface area contributed by atoms with E-state index >= 15 is 0 Å². The molecule has 0 saturated heterocycles. The van der Waals surface area contributed by atoms with Crippen LogP contribution in [0.3, 0.4) is 0 Å². The number of hydrogen-bond donors (Lipinski definition) is 2. The number of rotatable bonds is 4. The van der Waals surface area contributed by atoms with Crippen molar-refractivity contribution in [1.29, 1.82) is 0 Å². The molecule has 0 spiro atoms. The molecule has 0 radical (unpaired) electrons. The van der Waals surface area contributed by atoms with E-state index in [1.807, 2.05) is 0 Å². The summed E-state index contributed by atoms with van der Waals surface area (Å²) in [4.78, 5) is 19.6. The average Bonchev–Trinajstić information content (AvgIpc) is 2.46. The number of carbonyl (C=O) groups is 1. The Hall–Kier alpha value is -2.64. The maximum absolute atomic E-state index is 12.7. The molecule has 0 aliphatic rings. The van der Waals surface area contributed by atoms with Crippen molar-refractivity contribution in [3.8, 4) is 0 Å². The fourth-order valence-corrected chi connectivity index (χ4v) is 1.81. The van der Waals surface area contributed by atoms with Gasteiger partial charge in [-0.2, -0.15) is 13.2 Å². The maximum Gasteiger partial charge on any atom is 0.416 e. The van der Waals surface area contributed by atoms with Crippen LogP contribution in [-0.2, 0) is 6.18 Å². The number of hydrogen-bond acceptors (Lipinski definition) is 4. The van der Waals surface area contributed by atoms with Gasteiger partial charge in [0.2, 0.25) is 0 Å². The number of aromatic nitrogens is 2. The minimum Gasteiger partial charge on any atom is -0.349 e. The van der Waals surface area contributed by atoms with Crippen LogP contribution >= 0.6 is 0 Å². The van der Waals surface area contributed by atoms with Crippen LogP contribution in [0, 0.1) is 0 Å². The van der Waals surface area contributed by atoms with Crippen LogP contribution in [0.4, 0.5) is 24.7 Å². The Balaban J connectivity index is 2.19. The molecule has 0 saturated carbocycles. The lowest BCUT2D eigenvalue weighted by Crippen LogP contribution is -2.30. The van der Waals surface area contributed by atoms with E-state index in [-0.39, 0.29) is 29.1 Å². The van der Waals surface area contributed by atoms with Crippen molar-refractivity contribution in [1.82, 2.24) is 15.3 Å². The van der Waals surface area contributed by atoms with Gasteiger partial charge in [-0.05, 0) is 32.0 Å². The molecule has 1 amide bonds. The molecule has 2 N–H and O–H groups in total. The van der Waals surface area contributed by atoms with Gasteiger partial charge in [0.25, 0.3) is 5.91 Å². The molecule has 23 heavy (non-hydrogen) atoms. The van der Waals surface area contributed by atoms with E-state index in [0.717, 1.165) is 12.1 Å². The van der Waals surface area contributed by atoms with Crippen molar-refractivity contribution < 1.29 is 18.0 Å². The van der Waals surface area contributed by atoms with Crippen molar-refractivity contribution in [2.75, 3.05) is 5.32 Å². The third kappa shape index (κ3) is 4.67. The maximum atomic E-state index is 12.7. The van der Waals surface area contributed by atoms with E-state index in [1.54, 1.807) is 13.8 Å². The molecule has 2 rings (SSSR count). The zero-order chi connectivity index (χ0) is 17.0. The van der Waals surface area contributed by atoms with Crippen LogP contribution in [0.5, 0.6) is 0 Å². The first-order valence-corrected chi connectivity index (χ1v) is 6.83. The van der Waals surface area contributed by atoms with Crippen molar-refractivity contribution in [2.45, 2.75) is 26.1 Å². The number of anilines is 2. The van der Waals surface area contributed by atoms with Gasteiger partial charge in [0.1, 0.15) is 17.8 Å². The fourth-order valence-electron chi connectivity index (χ4n) is 1.81. The van der Waals surface area contributed by atoms with E-state index in [0.29, 0.717) is 0 Å². The van der Waals surface area contributed by atoms with E-state index in [9.17, 15) is 18.0 Å². The normalized spacial score (nSPS) is 11.4. The lowest BCUT2D eigenvalue weighted by molar-refractivity contribution is -0.137. The minimum absolute atomic E-state index is 0.0580. The molecule has 1 aromatic heterocycles. The number of nitrogens with one attached hydrogen (secondary N) is 2. The minimum atomic E-state index is -4.42. The molecule has 0 bridgehead atoms. The number of benzene rings is 1. The van der Waals surface area contributed by atoms with Crippen LogP contribution in [0.15, 0.2) is 36.7 Å². The fraction of sp³-hybridized carbons (Fsp3) is 0.267. The number of amides is 1. The standard InChI is InChI=1S/C15H15F3N4O/c1-9(2)21-14(23)12-7-13(20-8-19-12)22-11-5-3-4-10(6-11)15(16,17)18/h3-9H,1-2H3,(H,21,23)(H,19,20,22). The SMILES string of the molecule is CC(C)NC(=O)c1cc(Nc2cccc(C(F)(F)F)c2)ncn1. The Morgan fingerprint density at radius 2 is 1.91 bits per heavy atom. The van der Waals surface area contributed by atoms with E-state index < -0.39 is 11.7 Å². The number of alkyl halides is 3. The van der Waals surface area contributed by atoms with Gasteiger partial charge < -0.3 is 10.6 Å². The molecular formula is C15H15F3N4O. The van der Waals surface area contributed by atoms with Crippen LogP contribution in [0.2, 0.25) is 0 Å². The second kappa shape index (κ2) is 6.64. The predicted molar refractivity (Wildman–Crippen MR) is 79.4 cm³/mol. The van der Waals surface area contributed by atoms with E-state index in [4.69, 9.17) is 0 Å². The summed E-state index contributed by atoms with van der Waals surface area (Å²) >= 11 is 0. The molecule has 2 aromatic rings. The molecule has 5 nitrogen and oxygen atoms in total. The summed E-state index contributed by atoms with van der Waals surface area (Å²) in [5.41, 5.74) is -0.425. The highest BCUT2D eigenvalue weighted by Crippen LogP contribution is 2.31. The number of carbonyl (C=O) groups excluding carboxylic acids is 1. The summed E-state index contributed by atoms with van der Waals surface area (Å²) in [5.74, 6) is -0.150. The quantitative estimate of drug-likeness (QED) is 0.905. The predicted octanol–water partition coefficient (Wildman–Crippen LogP) is 3.38. The lowest BCUT2D eigenvalue weighted by atomic mass is 10.2. The molecule has 8 heteroatoms. The molecule has 0 aliphatic heterocycles. The van der Waals surface area contributed by atoms with Gasteiger partial charge >= 0.3 is 6.18 Å². The van der Waals surface area contributed by atoms with E-state index in [2.05, 4.69) is 20.6 Å². The summed E-state index contributed by atoms with van der Waals surface area (Å²) in [7, 11) is 0. The first kappa shape index (κ1) is 16.7. The van der Waals surface area contributed by atoms with Crippen molar-refractivity contribution >= 4 is 17.4 Å². The van der Waals surface area contributed by atoms with Gasteiger partial charge in [0, 0.05) is 17.8 Å². The molecule has 0 aliphatic carbocycles. The summed E-state index contributed by atoms with van der Waals surface area (Å²) in [6.45, 7) is 3.61. The Morgan fingerprint density at radius 3 is 2.57 bits per heavy atom.